The molecule has 0 aromatic rings. The van der Waals surface area contributed by atoms with Crippen molar-refractivity contribution in [2.24, 2.45) is 10.9 Å². The maximum absolute atomic E-state index is 5.40. The Bertz CT molecular complexity index is 311. The van der Waals surface area contributed by atoms with Crippen LogP contribution in [0.5, 0.6) is 0 Å². The van der Waals surface area contributed by atoms with Gasteiger partial charge in [0.05, 0.1) is 13.2 Å². The molecule has 0 radical (unpaired) electrons. The van der Waals surface area contributed by atoms with E-state index in [1.807, 2.05) is 0 Å². The second kappa shape index (κ2) is 11.0. The van der Waals surface area contributed by atoms with E-state index in [0.29, 0.717) is 12.0 Å². The summed E-state index contributed by atoms with van der Waals surface area (Å²) >= 11 is 0. The summed E-state index contributed by atoms with van der Waals surface area (Å²) in [6.45, 7) is 15.2. The second-order valence-corrected chi connectivity index (χ2v) is 6.86. The Morgan fingerprint density at radius 2 is 1.86 bits per heavy atom. The summed E-state index contributed by atoms with van der Waals surface area (Å²) in [6.07, 6.45) is 4.93. The first-order valence-electron chi connectivity index (χ1n) is 9.13. The molecule has 1 atom stereocenters. The first-order chi connectivity index (χ1) is 10.5. The quantitative estimate of drug-likeness (QED) is 0.483. The Morgan fingerprint density at radius 1 is 1.18 bits per heavy atom. The van der Waals surface area contributed by atoms with Crippen LogP contribution in [0.2, 0.25) is 0 Å². The van der Waals surface area contributed by atoms with E-state index >= 15 is 0 Å². The van der Waals surface area contributed by atoms with Crippen molar-refractivity contribution in [2.45, 2.75) is 59.4 Å². The van der Waals surface area contributed by atoms with Crippen LogP contribution in [0.4, 0.5) is 0 Å². The second-order valence-electron chi connectivity index (χ2n) is 6.86. The van der Waals surface area contributed by atoms with Crippen molar-refractivity contribution in [1.29, 1.82) is 0 Å². The molecule has 0 aliphatic carbocycles. The fourth-order valence-corrected chi connectivity index (χ4v) is 2.95. The van der Waals surface area contributed by atoms with E-state index < -0.39 is 0 Å². The molecule has 0 saturated carbocycles. The molecule has 1 unspecified atom stereocenters. The van der Waals surface area contributed by atoms with Gasteiger partial charge in [-0.15, -0.1) is 0 Å². The molecule has 0 amide bonds. The van der Waals surface area contributed by atoms with Gasteiger partial charge >= 0.3 is 0 Å². The van der Waals surface area contributed by atoms with Gasteiger partial charge in [0.1, 0.15) is 5.84 Å². The summed E-state index contributed by atoms with van der Waals surface area (Å²) in [5, 5.41) is 0. The maximum Gasteiger partial charge on any atom is 0.101 e. The summed E-state index contributed by atoms with van der Waals surface area (Å²) in [5.74, 6) is 1.77. The van der Waals surface area contributed by atoms with Crippen molar-refractivity contribution in [3.63, 3.8) is 0 Å². The van der Waals surface area contributed by atoms with Gasteiger partial charge in [0.25, 0.3) is 0 Å². The molecule has 0 spiro atoms. The topological polar surface area (TPSA) is 28.1 Å². The maximum atomic E-state index is 5.40. The van der Waals surface area contributed by atoms with Crippen LogP contribution in [-0.4, -0.2) is 68.1 Å². The van der Waals surface area contributed by atoms with E-state index in [-0.39, 0.29) is 0 Å². The van der Waals surface area contributed by atoms with Crippen LogP contribution in [-0.2, 0) is 4.74 Å². The molecule has 0 bridgehead atoms. The molecule has 22 heavy (non-hydrogen) atoms. The number of unbranched alkanes of at least 4 members (excludes halogenated alkanes) is 1. The van der Waals surface area contributed by atoms with Gasteiger partial charge in [-0.3, -0.25) is 9.89 Å². The summed E-state index contributed by atoms with van der Waals surface area (Å²) in [4.78, 5) is 9.86. The highest BCUT2D eigenvalue weighted by molar-refractivity contribution is 5.84. The fraction of sp³-hybridized carbons (Fsp3) is 0.944. The molecule has 1 aliphatic heterocycles. The lowest BCUT2D eigenvalue weighted by Gasteiger charge is -2.29. The van der Waals surface area contributed by atoms with E-state index in [9.17, 15) is 0 Å². The Morgan fingerprint density at radius 3 is 2.45 bits per heavy atom. The molecule has 0 aromatic heterocycles. The van der Waals surface area contributed by atoms with Gasteiger partial charge in [0.15, 0.2) is 0 Å². The van der Waals surface area contributed by atoms with Crippen LogP contribution in [0.1, 0.15) is 53.4 Å². The number of nitrogens with zero attached hydrogens (tertiary/aromatic N) is 3. The van der Waals surface area contributed by atoms with Crippen LogP contribution in [0, 0.1) is 5.92 Å². The Balaban J connectivity index is 2.39. The molecule has 130 valence electrons. The number of hydrogen-bond acceptors (Lipinski definition) is 3. The molecule has 1 heterocycles. The van der Waals surface area contributed by atoms with Crippen molar-refractivity contribution in [1.82, 2.24) is 9.80 Å². The van der Waals surface area contributed by atoms with Crippen LogP contribution >= 0.6 is 0 Å². The van der Waals surface area contributed by atoms with Gasteiger partial charge in [-0.2, -0.15) is 0 Å². The fourth-order valence-electron chi connectivity index (χ4n) is 2.95. The van der Waals surface area contributed by atoms with Crippen molar-refractivity contribution in [3.05, 3.63) is 0 Å². The van der Waals surface area contributed by atoms with Crippen LogP contribution in [0.3, 0.4) is 0 Å². The Labute approximate surface area is 137 Å². The van der Waals surface area contributed by atoms with Crippen molar-refractivity contribution in [2.75, 3.05) is 46.4 Å². The van der Waals surface area contributed by atoms with Gasteiger partial charge < -0.3 is 9.64 Å². The summed E-state index contributed by atoms with van der Waals surface area (Å²) in [5.41, 5.74) is 0. The Kier molecular flexibility index (Phi) is 9.73. The zero-order chi connectivity index (χ0) is 16.4. The molecule has 4 nitrogen and oxygen atoms in total. The zero-order valence-corrected chi connectivity index (χ0v) is 15.5. The number of hydrogen-bond donors (Lipinski definition) is 0. The first kappa shape index (κ1) is 19.4. The molecule has 0 N–H and O–H groups in total. The minimum absolute atomic E-state index is 0.444. The van der Waals surface area contributed by atoms with Crippen LogP contribution in [0.15, 0.2) is 4.99 Å². The molecular weight excluding hydrogens is 274 g/mol. The minimum atomic E-state index is 0.444. The highest BCUT2D eigenvalue weighted by Crippen LogP contribution is 2.10. The standard InChI is InChI=1S/C18H37N3O/c1-6-7-9-17(4)19-18(16(2)3)20(5)10-8-11-21-12-14-22-15-13-21/h16-17H,6-15H2,1-5H3. The van der Waals surface area contributed by atoms with E-state index in [0.717, 1.165) is 32.8 Å². The Hall–Kier alpha value is -0.610. The van der Waals surface area contributed by atoms with Crippen molar-refractivity contribution < 1.29 is 4.74 Å². The van der Waals surface area contributed by atoms with Crippen LogP contribution < -0.4 is 0 Å². The SMILES string of the molecule is CCCCC(C)N=C(C(C)C)N(C)CCCN1CCOCC1. The lowest BCUT2D eigenvalue weighted by Crippen LogP contribution is -2.39. The van der Waals surface area contributed by atoms with Crippen molar-refractivity contribution in [3.8, 4) is 0 Å². The van der Waals surface area contributed by atoms with Gasteiger partial charge in [0, 0.05) is 45.2 Å². The highest BCUT2D eigenvalue weighted by Gasteiger charge is 2.14. The van der Waals surface area contributed by atoms with Gasteiger partial charge in [-0.25, -0.2) is 0 Å². The third-order valence-corrected chi connectivity index (χ3v) is 4.31. The van der Waals surface area contributed by atoms with E-state index in [1.165, 1.54) is 38.1 Å². The molecule has 1 saturated heterocycles. The normalized spacial score (nSPS) is 18.7. The van der Waals surface area contributed by atoms with E-state index in [1.54, 1.807) is 0 Å². The third-order valence-electron chi connectivity index (χ3n) is 4.31. The average molecular weight is 312 g/mol. The smallest absolute Gasteiger partial charge is 0.101 e. The third kappa shape index (κ3) is 7.59. The van der Waals surface area contributed by atoms with Gasteiger partial charge in [0.2, 0.25) is 0 Å². The zero-order valence-electron chi connectivity index (χ0n) is 15.5. The molecule has 1 fully saturated rings. The molecule has 1 aliphatic rings. The first-order valence-corrected chi connectivity index (χ1v) is 9.13. The predicted molar refractivity (Wildman–Crippen MR) is 95.8 cm³/mol. The average Bonchev–Trinajstić information content (AvgIpc) is 2.51. The lowest BCUT2D eigenvalue weighted by molar-refractivity contribution is 0.0369. The van der Waals surface area contributed by atoms with E-state index in [4.69, 9.17) is 9.73 Å². The molecule has 0 aromatic carbocycles. The summed E-state index contributed by atoms with van der Waals surface area (Å²) < 4.78 is 5.40. The number of amidine groups is 1. The lowest BCUT2D eigenvalue weighted by atomic mass is 10.1. The molecule has 4 heteroatoms. The number of rotatable bonds is 9. The minimum Gasteiger partial charge on any atom is -0.379 e. The highest BCUT2D eigenvalue weighted by atomic mass is 16.5. The largest absolute Gasteiger partial charge is 0.379 e. The number of morpholine rings is 1. The number of aliphatic imine (C=N–C) groups is 1. The summed E-state index contributed by atoms with van der Waals surface area (Å²) in [6, 6.07) is 0.444. The monoisotopic (exact) mass is 311 g/mol. The van der Waals surface area contributed by atoms with E-state index in [2.05, 4.69) is 44.5 Å². The predicted octanol–water partition coefficient (Wildman–Crippen LogP) is 3.27. The van der Waals surface area contributed by atoms with Gasteiger partial charge in [-0.1, -0.05) is 33.6 Å². The van der Waals surface area contributed by atoms with Gasteiger partial charge in [-0.05, 0) is 19.8 Å². The van der Waals surface area contributed by atoms with Crippen LogP contribution in [0.25, 0.3) is 0 Å². The summed E-state index contributed by atoms with van der Waals surface area (Å²) in [7, 11) is 2.20. The molecular formula is C18H37N3O. The number of ether oxygens (including phenoxy) is 1. The van der Waals surface area contributed by atoms with Crippen molar-refractivity contribution >= 4 is 5.84 Å². The molecule has 1 rings (SSSR count).